The van der Waals surface area contributed by atoms with Crippen LogP contribution in [-0.2, 0) is 22.3 Å². The van der Waals surface area contributed by atoms with Crippen molar-refractivity contribution >= 4 is 10.8 Å². The molecule has 0 bridgehead atoms. The van der Waals surface area contributed by atoms with Crippen LogP contribution >= 0.6 is 0 Å². The summed E-state index contributed by atoms with van der Waals surface area (Å²) in [4.78, 5) is 0. The number of benzene rings is 3. The molecule has 3 aromatic rings. The van der Waals surface area contributed by atoms with Gasteiger partial charge in [-0.3, -0.25) is 4.21 Å². The highest BCUT2D eigenvalue weighted by molar-refractivity contribution is 7.83. The molecule has 2 nitrogen and oxygen atoms in total. The van der Waals surface area contributed by atoms with Crippen LogP contribution in [0.4, 0.5) is 0 Å². The fourth-order valence-corrected chi connectivity index (χ4v) is 3.57. The van der Waals surface area contributed by atoms with E-state index in [9.17, 15) is 4.21 Å². The smallest absolute Gasteiger partial charge is 0.131 e. The number of rotatable bonds is 6. The molecule has 0 aromatic heterocycles. The Morgan fingerprint density at radius 3 is 2.04 bits per heavy atom. The standard InChI is InChI=1S/C20H18O2S/c21-23(15-17-9-3-1-4-10-17)16-18-11-7-8-14-20(18)22-19-12-5-2-6-13-19/h1-14H,15-16H2. The maximum Gasteiger partial charge on any atom is 0.131 e. The molecule has 0 aliphatic rings. The summed E-state index contributed by atoms with van der Waals surface area (Å²) in [6.07, 6.45) is 0. The molecular weight excluding hydrogens is 304 g/mol. The molecule has 1 unspecified atom stereocenters. The Bertz CT molecular complexity index is 770. The first-order valence-corrected chi connectivity index (χ1v) is 9.00. The molecule has 0 radical (unpaired) electrons. The summed E-state index contributed by atoms with van der Waals surface area (Å²) >= 11 is 0. The van der Waals surface area contributed by atoms with Gasteiger partial charge in [0, 0.05) is 22.1 Å². The van der Waals surface area contributed by atoms with Gasteiger partial charge in [-0.25, -0.2) is 0 Å². The highest BCUT2D eigenvalue weighted by Crippen LogP contribution is 2.26. The van der Waals surface area contributed by atoms with Crippen molar-refractivity contribution in [3.05, 3.63) is 96.1 Å². The minimum absolute atomic E-state index is 0.484. The first-order chi connectivity index (χ1) is 11.3. The molecule has 1 atom stereocenters. The molecule has 23 heavy (non-hydrogen) atoms. The average Bonchev–Trinajstić information content (AvgIpc) is 2.58. The van der Waals surface area contributed by atoms with Crippen LogP contribution in [0.3, 0.4) is 0 Å². The van der Waals surface area contributed by atoms with E-state index in [-0.39, 0.29) is 0 Å². The molecule has 3 aromatic carbocycles. The Kier molecular flexibility index (Phi) is 5.22. The predicted molar refractivity (Wildman–Crippen MR) is 95.0 cm³/mol. The Balaban J connectivity index is 1.71. The van der Waals surface area contributed by atoms with E-state index >= 15 is 0 Å². The maximum absolute atomic E-state index is 12.4. The number of hydrogen-bond acceptors (Lipinski definition) is 2. The summed E-state index contributed by atoms with van der Waals surface area (Å²) < 4.78 is 18.4. The highest BCUT2D eigenvalue weighted by atomic mass is 32.2. The summed E-state index contributed by atoms with van der Waals surface area (Å²) in [5, 5.41) is 0. The lowest BCUT2D eigenvalue weighted by Crippen LogP contribution is -2.01. The Labute approximate surface area is 139 Å². The molecule has 0 aliphatic carbocycles. The first-order valence-electron chi connectivity index (χ1n) is 7.51. The molecular formula is C20H18O2S. The Morgan fingerprint density at radius 2 is 1.30 bits per heavy atom. The van der Waals surface area contributed by atoms with Crippen LogP contribution < -0.4 is 4.74 Å². The third-order valence-corrected chi connectivity index (χ3v) is 4.72. The third-order valence-electron chi connectivity index (χ3n) is 3.43. The molecule has 3 rings (SSSR count). The predicted octanol–water partition coefficient (Wildman–Crippen LogP) is 4.93. The fourth-order valence-electron chi connectivity index (χ4n) is 2.32. The van der Waals surface area contributed by atoms with Crippen molar-refractivity contribution in [2.24, 2.45) is 0 Å². The second-order valence-corrected chi connectivity index (χ2v) is 6.69. The fraction of sp³-hybridized carbons (Fsp3) is 0.100. The van der Waals surface area contributed by atoms with Crippen molar-refractivity contribution < 1.29 is 8.95 Å². The molecule has 0 amide bonds. The largest absolute Gasteiger partial charge is 0.457 e. The lowest BCUT2D eigenvalue weighted by Gasteiger charge is -2.11. The van der Waals surface area contributed by atoms with Crippen LogP contribution in [0.15, 0.2) is 84.9 Å². The van der Waals surface area contributed by atoms with Gasteiger partial charge in [0.15, 0.2) is 0 Å². The summed E-state index contributed by atoms with van der Waals surface area (Å²) in [5.41, 5.74) is 2.05. The van der Waals surface area contributed by atoms with Gasteiger partial charge in [-0.05, 0) is 23.8 Å². The zero-order valence-electron chi connectivity index (χ0n) is 12.7. The molecule has 0 fully saturated rings. The van der Waals surface area contributed by atoms with E-state index in [2.05, 4.69) is 0 Å². The van der Waals surface area contributed by atoms with Crippen molar-refractivity contribution in [1.29, 1.82) is 0 Å². The second-order valence-electron chi connectivity index (χ2n) is 5.24. The Hall–Kier alpha value is -2.39. The van der Waals surface area contributed by atoms with Gasteiger partial charge in [0.25, 0.3) is 0 Å². The highest BCUT2D eigenvalue weighted by Gasteiger charge is 2.09. The SMILES string of the molecule is O=S(Cc1ccccc1)Cc1ccccc1Oc1ccccc1. The van der Waals surface area contributed by atoms with Crippen LogP contribution in [0, 0.1) is 0 Å². The molecule has 3 heteroatoms. The van der Waals surface area contributed by atoms with Gasteiger partial charge in [-0.1, -0.05) is 66.7 Å². The van der Waals surface area contributed by atoms with E-state index in [1.54, 1.807) is 0 Å². The van der Waals surface area contributed by atoms with Crippen LogP contribution in [0.1, 0.15) is 11.1 Å². The zero-order valence-corrected chi connectivity index (χ0v) is 13.5. The van der Waals surface area contributed by atoms with Gasteiger partial charge in [0.2, 0.25) is 0 Å². The number of hydrogen-bond donors (Lipinski definition) is 0. The average molecular weight is 322 g/mol. The Morgan fingerprint density at radius 1 is 0.696 bits per heavy atom. The molecule has 0 heterocycles. The van der Waals surface area contributed by atoms with Crippen molar-refractivity contribution in [3.63, 3.8) is 0 Å². The van der Waals surface area contributed by atoms with Crippen molar-refractivity contribution in [2.75, 3.05) is 0 Å². The van der Waals surface area contributed by atoms with E-state index in [1.165, 1.54) is 0 Å². The summed E-state index contributed by atoms with van der Waals surface area (Å²) in [6, 6.07) is 27.3. The van der Waals surface area contributed by atoms with Crippen LogP contribution in [0.5, 0.6) is 11.5 Å². The number of ether oxygens (including phenoxy) is 1. The van der Waals surface area contributed by atoms with Crippen LogP contribution in [-0.4, -0.2) is 4.21 Å². The van der Waals surface area contributed by atoms with Crippen molar-refractivity contribution in [1.82, 2.24) is 0 Å². The van der Waals surface area contributed by atoms with Crippen LogP contribution in [0.25, 0.3) is 0 Å². The third kappa shape index (κ3) is 4.54. The van der Waals surface area contributed by atoms with Gasteiger partial charge in [0.1, 0.15) is 11.5 Å². The molecule has 0 saturated carbocycles. The van der Waals surface area contributed by atoms with Gasteiger partial charge in [-0.15, -0.1) is 0 Å². The number of para-hydroxylation sites is 2. The summed E-state index contributed by atoms with van der Waals surface area (Å²) in [7, 11) is -0.970. The lowest BCUT2D eigenvalue weighted by molar-refractivity contribution is 0.478. The minimum atomic E-state index is -0.970. The summed E-state index contributed by atoms with van der Waals surface area (Å²) in [5.74, 6) is 2.59. The quantitative estimate of drug-likeness (QED) is 0.643. The summed E-state index contributed by atoms with van der Waals surface area (Å²) in [6.45, 7) is 0. The molecule has 116 valence electrons. The van der Waals surface area contributed by atoms with Crippen molar-refractivity contribution in [3.8, 4) is 11.5 Å². The van der Waals surface area contributed by atoms with E-state index in [1.807, 2.05) is 84.9 Å². The molecule has 0 N–H and O–H groups in total. The molecule has 0 spiro atoms. The molecule has 0 saturated heterocycles. The monoisotopic (exact) mass is 322 g/mol. The van der Waals surface area contributed by atoms with E-state index in [0.29, 0.717) is 11.5 Å². The van der Waals surface area contributed by atoms with E-state index < -0.39 is 10.8 Å². The molecule has 0 aliphatic heterocycles. The maximum atomic E-state index is 12.4. The lowest BCUT2D eigenvalue weighted by atomic mass is 10.2. The van der Waals surface area contributed by atoms with Crippen LogP contribution in [0.2, 0.25) is 0 Å². The zero-order chi connectivity index (χ0) is 15.9. The van der Waals surface area contributed by atoms with Gasteiger partial charge < -0.3 is 4.74 Å². The van der Waals surface area contributed by atoms with E-state index in [0.717, 1.165) is 22.6 Å². The second kappa shape index (κ2) is 7.75. The van der Waals surface area contributed by atoms with E-state index in [4.69, 9.17) is 4.74 Å². The van der Waals surface area contributed by atoms with Gasteiger partial charge in [-0.2, -0.15) is 0 Å². The first kappa shape index (κ1) is 15.5. The van der Waals surface area contributed by atoms with Gasteiger partial charge in [0.05, 0.1) is 5.75 Å². The topological polar surface area (TPSA) is 26.3 Å². The van der Waals surface area contributed by atoms with Crippen molar-refractivity contribution in [2.45, 2.75) is 11.5 Å². The van der Waals surface area contributed by atoms with Gasteiger partial charge >= 0.3 is 0 Å². The minimum Gasteiger partial charge on any atom is -0.457 e. The normalized spacial score (nSPS) is 11.8.